The molecule has 3 N–H and O–H groups in total. The lowest BCUT2D eigenvalue weighted by Gasteiger charge is -2.06. The molecule has 0 unspecified atom stereocenters. The zero-order chi connectivity index (χ0) is 13.0. The predicted molar refractivity (Wildman–Crippen MR) is 82.1 cm³/mol. The summed E-state index contributed by atoms with van der Waals surface area (Å²) in [5, 5.41) is 10.8. The number of H-pyrrole nitrogens is 1. The van der Waals surface area contributed by atoms with E-state index in [2.05, 4.69) is 27.9 Å². The van der Waals surface area contributed by atoms with Crippen molar-refractivity contribution in [3.05, 3.63) is 23.0 Å². The van der Waals surface area contributed by atoms with Gasteiger partial charge in [-0.15, -0.1) is 0 Å². The zero-order valence-corrected chi connectivity index (χ0v) is 11.9. The molecule has 18 heavy (non-hydrogen) atoms. The number of fused-ring (bicyclic) bond motifs is 1. The van der Waals surface area contributed by atoms with E-state index in [1.807, 2.05) is 25.1 Å². The van der Waals surface area contributed by atoms with E-state index in [1.54, 1.807) is 11.3 Å². The Balaban J connectivity index is 2.27. The fourth-order valence-corrected chi connectivity index (χ4v) is 2.80. The molecule has 0 saturated heterocycles. The minimum atomic E-state index is 0.489. The molecule has 0 aliphatic heterocycles. The van der Waals surface area contributed by atoms with E-state index >= 15 is 0 Å². The van der Waals surface area contributed by atoms with Crippen molar-refractivity contribution in [2.75, 3.05) is 17.6 Å². The van der Waals surface area contributed by atoms with Crippen molar-refractivity contribution < 1.29 is 0 Å². The molecule has 0 radical (unpaired) electrons. The van der Waals surface area contributed by atoms with Gasteiger partial charge in [-0.25, -0.2) is 0 Å². The van der Waals surface area contributed by atoms with Crippen LogP contribution in [-0.4, -0.2) is 23.1 Å². The van der Waals surface area contributed by atoms with E-state index in [0.717, 1.165) is 27.3 Å². The second-order valence-corrected chi connectivity index (χ2v) is 5.27. The maximum Gasteiger partial charge on any atom is 0.183 e. The predicted octanol–water partition coefficient (Wildman–Crippen LogP) is 2.86. The Bertz CT molecular complexity index is 612. The molecular formula is C12H16N4S2. The Labute approximate surface area is 115 Å². The first-order chi connectivity index (χ1) is 8.72. The molecule has 0 aliphatic carbocycles. The van der Waals surface area contributed by atoms with Crippen LogP contribution in [0.3, 0.4) is 0 Å². The summed E-state index contributed by atoms with van der Waals surface area (Å²) in [6.07, 6.45) is 0.647. The third-order valence-electron chi connectivity index (χ3n) is 2.39. The number of amidine groups is 1. The summed E-state index contributed by atoms with van der Waals surface area (Å²) in [5.41, 5.74) is 2.02. The summed E-state index contributed by atoms with van der Waals surface area (Å²) in [6, 6.07) is 6.02. The van der Waals surface area contributed by atoms with Gasteiger partial charge < -0.3 is 10.3 Å². The SMILES string of the molecule is CCN=c1[nH]c2ccc(NC(=N)CCS)cc2s1. The Kier molecular flexibility index (Phi) is 4.43. The molecular weight excluding hydrogens is 264 g/mol. The molecule has 0 spiro atoms. The van der Waals surface area contributed by atoms with Crippen molar-refractivity contribution >= 4 is 45.7 Å². The smallest absolute Gasteiger partial charge is 0.183 e. The van der Waals surface area contributed by atoms with Gasteiger partial charge in [0.1, 0.15) is 0 Å². The van der Waals surface area contributed by atoms with Gasteiger partial charge in [-0.2, -0.15) is 12.6 Å². The number of benzene rings is 1. The number of thiazole rings is 1. The van der Waals surface area contributed by atoms with Crippen molar-refractivity contribution in [2.45, 2.75) is 13.3 Å². The minimum Gasteiger partial charge on any atom is -0.344 e. The monoisotopic (exact) mass is 280 g/mol. The highest BCUT2D eigenvalue weighted by Crippen LogP contribution is 2.19. The van der Waals surface area contributed by atoms with E-state index in [4.69, 9.17) is 5.41 Å². The highest BCUT2D eigenvalue weighted by Gasteiger charge is 2.01. The number of aromatic amines is 1. The zero-order valence-electron chi connectivity index (χ0n) is 10.2. The van der Waals surface area contributed by atoms with Crippen LogP contribution in [0.1, 0.15) is 13.3 Å². The molecule has 96 valence electrons. The van der Waals surface area contributed by atoms with Crippen LogP contribution in [0.5, 0.6) is 0 Å². The molecule has 2 aromatic rings. The summed E-state index contributed by atoms with van der Waals surface area (Å²) in [5.74, 6) is 1.17. The van der Waals surface area contributed by atoms with Gasteiger partial charge in [0.05, 0.1) is 16.1 Å². The first-order valence-electron chi connectivity index (χ1n) is 5.81. The van der Waals surface area contributed by atoms with Crippen LogP contribution in [0.2, 0.25) is 0 Å². The molecule has 2 rings (SSSR count). The van der Waals surface area contributed by atoms with E-state index in [1.165, 1.54) is 0 Å². The van der Waals surface area contributed by atoms with Gasteiger partial charge in [0.15, 0.2) is 4.80 Å². The second-order valence-electron chi connectivity index (χ2n) is 3.79. The summed E-state index contributed by atoms with van der Waals surface area (Å²) in [7, 11) is 0. The molecule has 1 heterocycles. The van der Waals surface area contributed by atoms with Gasteiger partial charge in [-0.1, -0.05) is 11.3 Å². The first kappa shape index (κ1) is 13.2. The van der Waals surface area contributed by atoms with Crippen molar-refractivity contribution in [3.8, 4) is 0 Å². The number of rotatable bonds is 4. The normalized spacial score (nSPS) is 12.0. The lowest BCUT2D eigenvalue weighted by molar-refractivity contribution is 1.05. The summed E-state index contributed by atoms with van der Waals surface area (Å²) in [6.45, 7) is 2.80. The van der Waals surface area contributed by atoms with Gasteiger partial charge >= 0.3 is 0 Å². The van der Waals surface area contributed by atoms with E-state index < -0.39 is 0 Å². The number of hydrogen-bond acceptors (Lipinski definition) is 4. The van der Waals surface area contributed by atoms with Crippen LogP contribution in [0, 0.1) is 5.41 Å². The molecule has 0 saturated carbocycles. The molecule has 0 amide bonds. The fraction of sp³-hybridized carbons (Fsp3) is 0.333. The van der Waals surface area contributed by atoms with Crippen molar-refractivity contribution in [3.63, 3.8) is 0 Å². The van der Waals surface area contributed by atoms with Crippen molar-refractivity contribution in [1.29, 1.82) is 5.41 Å². The number of hydrogen-bond donors (Lipinski definition) is 4. The van der Waals surface area contributed by atoms with E-state index in [9.17, 15) is 0 Å². The van der Waals surface area contributed by atoms with Gasteiger partial charge in [-0.05, 0) is 30.9 Å². The average Bonchev–Trinajstić information content (AvgIpc) is 2.71. The summed E-state index contributed by atoms with van der Waals surface area (Å²) in [4.78, 5) is 8.55. The number of aromatic nitrogens is 1. The van der Waals surface area contributed by atoms with Crippen molar-refractivity contribution in [2.24, 2.45) is 4.99 Å². The summed E-state index contributed by atoms with van der Waals surface area (Å²) >= 11 is 5.74. The molecule has 1 aromatic heterocycles. The Morgan fingerprint density at radius 2 is 2.39 bits per heavy atom. The largest absolute Gasteiger partial charge is 0.344 e. The maximum atomic E-state index is 7.72. The quantitative estimate of drug-likeness (QED) is 0.388. The number of nitrogens with zero attached hydrogens (tertiary/aromatic N) is 1. The van der Waals surface area contributed by atoms with Crippen LogP contribution in [0.15, 0.2) is 23.2 Å². The second kappa shape index (κ2) is 6.06. The van der Waals surface area contributed by atoms with Gasteiger partial charge in [0.2, 0.25) is 0 Å². The Hall–Kier alpha value is -1.27. The van der Waals surface area contributed by atoms with Gasteiger partial charge in [0.25, 0.3) is 0 Å². The molecule has 6 heteroatoms. The highest BCUT2D eigenvalue weighted by molar-refractivity contribution is 7.80. The van der Waals surface area contributed by atoms with Crippen LogP contribution in [0.25, 0.3) is 10.2 Å². The first-order valence-corrected chi connectivity index (χ1v) is 7.26. The third-order valence-corrected chi connectivity index (χ3v) is 3.59. The van der Waals surface area contributed by atoms with Crippen LogP contribution in [-0.2, 0) is 0 Å². The standard InChI is InChI=1S/C12H16N4S2/c1-2-14-12-16-9-4-3-8(7-10(9)18-12)15-11(13)5-6-17/h3-4,7,17H,2,5-6H2,1H3,(H2,13,15)(H,14,16). The van der Waals surface area contributed by atoms with E-state index in [0.29, 0.717) is 18.0 Å². The molecule has 0 fully saturated rings. The number of thiol groups is 1. The van der Waals surface area contributed by atoms with Gasteiger partial charge in [0, 0.05) is 18.7 Å². The molecule has 0 atom stereocenters. The fourth-order valence-electron chi connectivity index (χ4n) is 1.60. The Morgan fingerprint density at radius 3 is 3.11 bits per heavy atom. The topological polar surface area (TPSA) is 64.0 Å². The third kappa shape index (κ3) is 3.14. The van der Waals surface area contributed by atoms with Crippen LogP contribution < -0.4 is 10.1 Å². The molecule has 0 bridgehead atoms. The van der Waals surface area contributed by atoms with Crippen LogP contribution in [0.4, 0.5) is 5.69 Å². The van der Waals surface area contributed by atoms with E-state index in [-0.39, 0.29) is 0 Å². The van der Waals surface area contributed by atoms with Gasteiger partial charge in [-0.3, -0.25) is 10.4 Å². The molecule has 0 aliphatic rings. The number of nitrogens with one attached hydrogen (secondary N) is 3. The average molecular weight is 280 g/mol. The van der Waals surface area contributed by atoms with Crippen LogP contribution >= 0.6 is 24.0 Å². The summed E-state index contributed by atoms with van der Waals surface area (Å²) < 4.78 is 1.14. The lowest BCUT2D eigenvalue weighted by Crippen LogP contribution is -2.10. The lowest BCUT2D eigenvalue weighted by atomic mass is 10.3. The Morgan fingerprint density at radius 1 is 1.56 bits per heavy atom. The highest BCUT2D eigenvalue weighted by atomic mass is 32.1. The molecule has 1 aromatic carbocycles. The minimum absolute atomic E-state index is 0.489. The number of anilines is 1. The molecule has 4 nitrogen and oxygen atoms in total. The maximum absolute atomic E-state index is 7.72. The van der Waals surface area contributed by atoms with Crippen molar-refractivity contribution in [1.82, 2.24) is 4.98 Å².